The minimum atomic E-state index is -1.14. The largest absolute Gasteiger partial charge is 0.497 e. The van der Waals surface area contributed by atoms with Gasteiger partial charge in [-0.3, -0.25) is 14.5 Å². The number of β-lactam (4-membered cyclic amide) rings is 1. The van der Waals surface area contributed by atoms with Crippen LogP contribution in [0.25, 0.3) is 0 Å². The van der Waals surface area contributed by atoms with E-state index in [1.807, 2.05) is 152 Å². The number of benzene rings is 6. The third-order valence-corrected chi connectivity index (χ3v) is 15.5. The van der Waals surface area contributed by atoms with Crippen LogP contribution in [-0.4, -0.2) is 88.7 Å². The minimum absolute atomic E-state index is 0.00540. The molecule has 76 heavy (non-hydrogen) atoms. The lowest BCUT2D eigenvalue weighted by Gasteiger charge is -2.49. The number of aromatic nitrogens is 1. The third kappa shape index (κ3) is 12.1. The normalized spacial score (nSPS) is 15.2. The highest BCUT2D eigenvalue weighted by Crippen LogP contribution is 2.44. The smallest absolute Gasteiger partial charge is 0.404 e. The van der Waals surface area contributed by atoms with Gasteiger partial charge in [-0.05, 0) is 45.5 Å². The quantitative estimate of drug-likeness (QED) is 0.0110. The molecule has 0 radical (unpaired) electrons. The van der Waals surface area contributed by atoms with Gasteiger partial charge in [0, 0.05) is 21.8 Å². The van der Waals surface area contributed by atoms with Gasteiger partial charge in [0.2, 0.25) is 6.61 Å². The minimum Gasteiger partial charge on any atom is -0.497 e. The molecule has 19 heteroatoms. The number of nitrogens with one attached hydrogen (secondary N) is 2. The van der Waals surface area contributed by atoms with Crippen molar-refractivity contribution in [2.24, 2.45) is 10.9 Å². The molecule has 7 aromatic rings. The Morgan fingerprint density at radius 1 is 0.789 bits per heavy atom. The first-order valence-corrected chi connectivity index (χ1v) is 26.8. The first kappa shape index (κ1) is 52.5. The Kier molecular flexibility index (Phi) is 17.1. The maximum Gasteiger partial charge on any atom is 0.404 e. The average molecular weight is 1080 g/mol. The van der Waals surface area contributed by atoms with Gasteiger partial charge in [-0.15, -0.1) is 34.9 Å². The van der Waals surface area contributed by atoms with E-state index in [1.54, 1.807) is 36.8 Å². The molecule has 16 nitrogen and oxygen atoms in total. The molecule has 0 spiro atoms. The van der Waals surface area contributed by atoms with Crippen LogP contribution < -0.4 is 21.1 Å². The van der Waals surface area contributed by atoms with E-state index in [-0.39, 0.29) is 41.8 Å². The molecule has 3 amide bonds. The number of hydrogen-bond acceptors (Lipinski definition) is 16. The second-order valence-electron chi connectivity index (χ2n) is 17.0. The van der Waals surface area contributed by atoms with Crippen molar-refractivity contribution in [3.05, 3.63) is 231 Å². The zero-order valence-corrected chi connectivity index (χ0v) is 43.3. The van der Waals surface area contributed by atoms with Crippen molar-refractivity contribution in [3.63, 3.8) is 0 Å². The zero-order chi connectivity index (χ0) is 52.9. The van der Waals surface area contributed by atoms with Crippen molar-refractivity contribution < 1.29 is 47.8 Å². The van der Waals surface area contributed by atoms with Crippen molar-refractivity contribution in [3.8, 4) is 5.75 Å². The fourth-order valence-electron chi connectivity index (χ4n) is 8.63. The van der Waals surface area contributed by atoms with Crippen LogP contribution >= 0.6 is 34.9 Å². The van der Waals surface area contributed by atoms with E-state index in [1.165, 1.54) is 39.8 Å². The van der Waals surface area contributed by atoms with Crippen LogP contribution in [0.5, 0.6) is 5.75 Å². The number of methoxy groups -OCH3 is 1. The maximum atomic E-state index is 14.7. The number of ether oxygens (including phenoxy) is 4. The Balaban J connectivity index is 1.00. The van der Waals surface area contributed by atoms with Gasteiger partial charge in [0.1, 0.15) is 47.3 Å². The predicted octanol–water partition coefficient (Wildman–Crippen LogP) is 8.79. The molecule has 0 unspecified atom stereocenters. The molecule has 386 valence electrons. The van der Waals surface area contributed by atoms with E-state index < -0.39 is 59.5 Å². The molecule has 0 aliphatic carbocycles. The molecular weight excluding hydrogens is 1020 g/mol. The second-order valence-corrected chi connectivity index (χ2v) is 20.1. The summed E-state index contributed by atoms with van der Waals surface area (Å²) in [6, 6.07) is 54.1. The van der Waals surface area contributed by atoms with Crippen LogP contribution in [0.4, 0.5) is 9.93 Å². The summed E-state index contributed by atoms with van der Waals surface area (Å²) in [5.74, 6) is -1.85. The van der Waals surface area contributed by atoms with E-state index >= 15 is 0 Å². The second kappa shape index (κ2) is 24.8. The van der Waals surface area contributed by atoms with Gasteiger partial charge < -0.3 is 40.2 Å². The summed E-state index contributed by atoms with van der Waals surface area (Å²) < 4.78 is 21.9. The number of carbonyl (C=O) groups is 5. The van der Waals surface area contributed by atoms with Crippen molar-refractivity contribution in [1.82, 2.24) is 15.2 Å². The zero-order valence-electron chi connectivity index (χ0n) is 40.8. The van der Waals surface area contributed by atoms with Gasteiger partial charge in [-0.25, -0.2) is 19.4 Å². The molecule has 0 bridgehead atoms. The number of thioether (sulfide) groups is 2. The fourth-order valence-corrected chi connectivity index (χ4v) is 11.8. The summed E-state index contributed by atoms with van der Waals surface area (Å²) in [7, 11) is 1.55. The van der Waals surface area contributed by atoms with Gasteiger partial charge in [-0.1, -0.05) is 169 Å². The topological polar surface area (TPSA) is 210 Å². The van der Waals surface area contributed by atoms with Gasteiger partial charge in [-0.2, -0.15) is 0 Å². The number of thiazole rings is 1. The van der Waals surface area contributed by atoms with Gasteiger partial charge in [0.15, 0.2) is 16.9 Å². The van der Waals surface area contributed by atoms with E-state index in [4.69, 9.17) is 34.5 Å². The molecule has 2 atom stereocenters. The van der Waals surface area contributed by atoms with Crippen molar-refractivity contribution in [2.75, 3.05) is 37.1 Å². The SMILES string of the molecule is COc1ccc(COC(=O)C2=C(SCCOC(N)=O)CS[C@H]3[C@H](NC(=O)/C(=N\OCC(=O)OC(c4ccccc4)c4ccccc4)c4csc(NC(c5ccccc5)(c5ccccc5)c5ccccc5)n4)C(=O)N23)cc1. The van der Waals surface area contributed by atoms with Crippen molar-refractivity contribution in [1.29, 1.82) is 0 Å². The molecule has 9 rings (SSSR count). The monoisotopic (exact) mass is 1070 g/mol. The fraction of sp³-hybridized carbons (Fsp3) is 0.175. The Labute approximate surface area is 450 Å². The van der Waals surface area contributed by atoms with Crippen molar-refractivity contribution >= 4 is 75.6 Å². The number of fused-ring (bicyclic) bond motifs is 1. The average Bonchev–Trinajstić information content (AvgIpc) is 3.99. The Morgan fingerprint density at radius 3 is 1.91 bits per heavy atom. The molecule has 6 aromatic carbocycles. The van der Waals surface area contributed by atoms with Gasteiger partial charge in [0.25, 0.3) is 11.8 Å². The lowest BCUT2D eigenvalue weighted by molar-refractivity contribution is -0.153. The number of esters is 2. The number of hydrogen-bond donors (Lipinski definition) is 3. The summed E-state index contributed by atoms with van der Waals surface area (Å²) in [4.78, 5) is 80.3. The number of rotatable bonds is 22. The number of nitrogens with zero attached hydrogens (tertiary/aromatic N) is 3. The van der Waals surface area contributed by atoms with Gasteiger partial charge >= 0.3 is 18.0 Å². The highest BCUT2D eigenvalue weighted by atomic mass is 32.2. The van der Waals surface area contributed by atoms with E-state index in [0.29, 0.717) is 21.3 Å². The summed E-state index contributed by atoms with van der Waals surface area (Å²) in [6.07, 6.45) is -1.71. The molecule has 1 aromatic heterocycles. The highest BCUT2D eigenvalue weighted by Gasteiger charge is 2.55. The summed E-state index contributed by atoms with van der Waals surface area (Å²) in [5.41, 5.74) is 8.84. The molecule has 4 N–H and O–H groups in total. The standard InChI is InChI=1S/C57H50N6O10S3/c1-69-43-29-27-37(28-30-43)33-71-54(67)49-45(74-32-31-70-55(58)68)36-75-53-48(52(66)63(49)53)60-51(65)47(62-72-34-46(64)73-50(38-17-7-2-8-18-38)39-19-9-3-10-20-39)44-35-76-56(59-44)61-57(40-21-11-4-12-22-40,41-23-13-5-14-24-41)42-25-15-6-16-26-42/h2-30,35,48,50,53H,31-34,36H2,1H3,(H2,58,68)(H,59,61)(H,60,65)/b62-47-/t48-,53+/m1/s1. The number of amides is 3. The Hall–Kier alpha value is -8.39. The molecule has 1 saturated heterocycles. The third-order valence-electron chi connectivity index (χ3n) is 12.2. The number of nitrogens with two attached hydrogens (primary N) is 1. The molecule has 3 heterocycles. The first-order chi connectivity index (χ1) is 37.1. The number of primary amides is 1. The first-order valence-electron chi connectivity index (χ1n) is 23.9. The summed E-state index contributed by atoms with van der Waals surface area (Å²) >= 11 is 3.75. The number of carbonyl (C=O) groups excluding carboxylic acids is 5. The molecule has 0 saturated carbocycles. The molecular formula is C57H50N6O10S3. The van der Waals surface area contributed by atoms with Crippen LogP contribution in [0.2, 0.25) is 0 Å². The van der Waals surface area contributed by atoms with Crippen LogP contribution in [0.1, 0.15) is 45.2 Å². The lowest BCUT2D eigenvalue weighted by atomic mass is 9.77. The maximum absolute atomic E-state index is 14.7. The molecule has 2 aliphatic rings. The van der Waals surface area contributed by atoms with Crippen LogP contribution in [0, 0.1) is 0 Å². The predicted molar refractivity (Wildman–Crippen MR) is 291 cm³/mol. The van der Waals surface area contributed by atoms with Crippen molar-refractivity contribution in [2.45, 2.75) is 29.7 Å². The summed E-state index contributed by atoms with van der Waals surface area (Å²) in [5, 5.41) is 12.1. The number of anilines is 1. The number of oxime groups is 1. The van der Waals surface area contributed by atoms with E-state index in [2.05, 4.69) is 15.8 Å². The van der Waals surface area contributed by atoms with Crippen LogP contribution in [0.15, 0.2) is 197 Å². The lowest BCUT2D eigenvalue weighted by Crippen LogP contribution is -2.71. The Morgan fingerprint density at radius 2 is 1.36 bits per heavy atom. The van der Waals surface area contributed by atoms with Gasteiger partial charge in [0.05, 0.1) is 7.11 Å². The van der Waals surface area contributed by atoms with E-state index in [9.17, 15) is 24.0 Å². The van der Waals surface area contributed by atoms with Crippen LogP contribution in [0.3, 0.4) is 0 Å². The highest BCUT2D eigenvalue weighted by molar-refractivity contribution is 8.06. The molecule has 2 aliphatic heterocycles. The molecule has 1 fully saturated rings. The Bertz CT molecular complexity index is 3070. The summed E-state index contributed by atoms with van der Waals surface area (Å²) in [6.45, 7) is -0.830. The van der Waals surface area contributed by atoms with Crippen LogP contribution in [-0.2, 0) is 50.4 Å². The van der Waals surface area contributed by atoms with E-state index in [0.717, 1.165) is 27.8 Å².